The van der Waals surface area contributed by atoms with Gasteiger partial charge in [-0.1, -0.05) is 12.1 Å². The molecule has 7 nitrogen and oxygen atoms in total. The van der Waals surface area contributed by atoms with Crippen molar-refractivity contribution in [3.63, 3.8) is 0 Å². The predicted octanol–water partition coefficient (Wildman–Crippen LogP) is 4.44. The molecule has 0 unspecified atom stereocenters. The lowest BCUT2D eigenvalue weighted by atomic mass is 10.1. The summed E-state index contributed by atoms with van der Waals surface area (Å²) in [5.74, 6) is -14.2. The molecule has 186 valence electrons. The minimum atomic E-state index is -2.38. The molecule has 0 saturated carbocycles. The van der Waals surface area contributed by atoms with Crippen molar-refractivity contribution in [3.8, 4) is 17.2 Å². The summed E-state index contributed by atoms with van der Waals surface area (Å²) < 4.78 is 87.6. The van der Waals surface area contributed by atoms with Crippen molar-refractivity contribution in [2.45, 2.75) is 32.8 Å². The Morgan fingerprint density at radius 1 is 0.912 bits per heavy atom. The molecule has 0 atom stereocenters. The second kappa shape index (κ2) is 11.0. The van der Waals surface area contributed by atoms with Gasteiger partial charge >= 0.3 is 12.1 Å². The number of carbonyl (C=O) groups is 2. The van der Waals surface area contributed by atoms with Crippen molar-refractivity contribution in [1.29, 1.82) is 0 Å². The number of alkyl carbamates (subject to hydrolysis) is 1. The van der Waals surface area contributed by atoms with Gasteiger partial charge in [0.15, 0.2) is 11.5 Å². The van der Waals surface area contributed by atoms with E-state index in [0.717, 1.165) is 0 Å². The Bertz CT molecular complexity index is 1040. The Labute approximate surface area is 191 Å². The number of nitrogens with one attached hydrogen (secondary N) is 1. The maximum Gasteiger partial charge on any atom is 0.407 e. The smallest absolute Gasteiger partial charge is 0.407 e. The van der Waals surface area contributed by atoms with Crippen LogP contribution < -0.4 is 19.5 Å². The van der Waals surface area contributed by atoms with Gasteiger partial charge in [-0.3, -0.25) is 4.79 Å². The number of para-hydroxylation sites is 1. The van der Waals surface area contributed by atoms with Crippen LogP contribution in [0.25, 0.3) is 0 Å². The number of amides is 1. The molecule has 0 radical (unpaired) electrons. The Kier molecular flexibility index (Phi) is 8.66. The van der Waals surface area contributed by atoms with Crippen molar-refractivity contribution in [1.82, 2.24) is 5.32 Å². The molecular formula is C22H22F5NO6. The summed E-state index contributed by atoms with van der Waals surface area (Å²) in [6, 6.07) is 4.38. The molecule has 0 spiro atoms. The van der Waals surface area contributed by atoms with Crippen LogP contribution in [0.5, 0.6) is 17.2 Å². The average Bonchev–Trinajstić information content (AvgIpc) is 2.76. The topological polar surface area (TPSA) is 83.1 Å². The van der Waals surface area contributed by atoms with Gasteiger partial charge in [0.25, 0.3) is 0 Å². The van der Waals surface area contributed by atoms with Gasteiger partial charge in [0.1, 0.15) is 12.2 Å². The highest BCUT2D eigenvalue weighted by molar-refractivity contribution is 5.76. The van der Waals surface area contributed by atoms with Gasteiger partial charge in [-0.2, -0.15) is 8.78 Å². The second-order valence-electron chi connectivity index (χ2n) is 7.78. The van der Waals surface area contributed by atoms with E-state index in [1.165, 1.54) is 25.3 Å². The normalized spacial score (nSPS) is 11.1. The predicted molar refractivity (Wildman–Crippen MR) is 108 cm³/mol. The summed E-state index contributed by atoms with van der Waals surface area (Å²) in [5.41, 5.74) is -0.568. The molecule has 0 fully saturated rings. The van der Waals surface area contributed by atoms with Crippen LogP contribution in [0.15, 0.2) is 18.2 Å². The summed E-state index contributed by atoms with van der Waals surface area (Å²) in [6.45, 7) is 5.00. The molecule has 0 bridgehead atoms. The van der Waals surface area contributed by atoms with Gasteiger partial charge in [-0.25, -0.2) is 18.0 Å². The third kappa shape index (κ3) is 6.72. The van der Waals surface area contributed by atoms with Crippen LogP contribution in [0.2, 0.25) is 0 Å². The van der Waals surface area contributed by atoms with E-state index in [4.69, 9.17) is 14.2 Å². The van der Waals surface area contributed by atoms with E-state index >= 15 is 0 Å². The van der Waals surface area contributed by atoms with Crippen LogP contribution in [0.3, 0.4) is 0 Å². The monoisotopic (exact) mass is 491 g/mol. The van der Waals surface area contributed by atoms with Crippen molar-refractivity contribution >= 4 is 12.1 Å². The highest BCUT2D eigenvalue weighted by atomic mass is 19.2. The highest BCUT2D eigenvalue weighted by Gasteiger charge is 2.29. The summed E-state index contributed by atoms with van der Waals surface area (Å²) >= 11 is 0. The lowest BCUT2D eigenvalue weighted by Crippen LogP contribution is -2.34. The van der Waals surface area contributed by atoms with Crippen molar-refractivity contribution in [2.24, 2.45) is 0 Å². The fourth-order valence-electron chi connectivity index (χ4n) is 2.63. The standard InChI is InChI=1S/C22H22F5NO6/c1-22(2,3)34-21(30)28-8-9-32-19-11(6-5-7-12(19)31-4)10-13(29)33-20-17(26)15(24)14(23)16(25)18(20)27/h5-7H,8-10H2,1-4H3,(H,28,30). The van der Waals surface area contributed by atoms with Crippen molar-refractivity contribution in [3.05, 3.63) is 52.8 Å². The van der Waals surface area contributed by atoms with Crippen molar-refractivity contribution in [2.75, 3.05) is 20.3 Å². The molecule has 0 aliphatic heterocycles. The zero-order chi connectivity index (χ0) is 25.6. The number of halogens is 5. The number of methoxy groups -OCH3 is 1. The Morgan fingerprint density at radius 3 is 2.06 bits per heavy atom. The van der Waals surface area contributed by atoms with Gasteiger partial charge in [0.2, 0.25) is 34.8 Å². The summed E-state index contributed by atoms with van der Waals surface area (Å²) in [4.78, 5) is 23.9. The molecule has 0 aliphatic carbocycles. The first-order valence-electron chi connectivity index (χ1n) is 9.83. The first kappa shape index (κ1) is 26.7. The lowest BCUT2D eigenvalue weighted by Gasteiger charge is -2.20. The fraction of sp³-hybridized carbons (Fsp3) is 0.364. The lowest BCUT2D eigenvalue weighted by molar-refractivity contribution is -0.134. The molecule has 0 aliphatic rings. The molecule has 2 rings (SSSR count). The highest BCUT2D eigenvalue weighted by Crippen LogP contribution is 2.33. The molecule has 12 heteroatoms. The SMILES string of the molecule is COc1cccc(CC(=O)Oc2c(F)c(F)c(F)c(F)c2F)c1OCCNC(=O)OC(C)(C)C. The molecule has 34 heavy (non-hydrogen) atoms. The molecule has 0 saturated heterocycles. The summed E-state index contributed by atoms with van der Waals surface area (Å²) in [5, 5.41) is 2.46. The van der Waals surface area contributed by atoms with E-state index in [9.17, 15) is 31.5 Å². The van der Waals surface area contributed by atoms with E-state index in [0.29, 0.717) is 0 Å². The fourth-order valence-corrected chi connectivity index (χ4v) is 2.63. The van der Waals surface area contributed by atoms with Crippen LogP contribution in [-0.2, 0) is 16.0 Å². The molecule has 0 heterocycles. The van der Waals surface area contributed by atoms with E-state index < -0.39 is 58.9 Å². The molecule has 2 aromatic rings. The van der Waals surface area contributed by atoms with Crippen LogP contribution >= 0.6 is 0 Å². The van der Waals surface area contributed by atoms with Crippen LogP contribution in [0.1, 0.15) is 26.3 Å². The second-order valence-corrected chi connectivity index (χ2v) is 7.78. The zero-order valence-electron chi connectivity index (χ0n) is 18.7. The number of rotatable bonds is 8. The van der Waals surface area contributed by atoms with Gasteiger partial charge in [0.05, 0.1) is 20.1 Å². The maximum absolute atomic E-state index is 13.8. The molecule has 2 aromatic carbocycles. The molecular weight excluding hydrogens is 469 g/mol. The van der Waals surface area contributed by atoms with Gasteiger partial charge in [-0.05, 0) is 26.8 Å². The van der Waals surface area contributed by atoms with Crippen molar-refractivity contribution < 1.29 is 50.5 Å². The van der Waals surface area contributed by atoms with E-state index in [1.807, 2.05) is 0 Å². The van der Waals surface area contributed by atoms with E-state index in [-0.39, 0.29) is 30.2 Å². The minimum absolute atomic E-state index is 0.0153. The summed E-state index contributed by atoms with van der Waals surface area (Å²) in [6.07, 6.45) is -1.34. The van der Waals surface area contributed by atoms with Crippen LogP contribution in [0.4, 0.5) is 26.7 Å². The third-order valence-corrected chi connectivity index (χ3v) is 4.02. The number of hydrogen-bond acceptors (Lipinski definition) is 6. The Morgan fingerprint density at radius 2 is 1.50 bits per heavy atom. The number of carbonyl (C=O) groups excluding carboxylic acids is 2. The van der Waals surface area contributed by atoms with Gasteiger partial charge in [-0.15, -0.1) is 0 Å². The summed E-state index contributed by atoms with van der Waals surface area (Å²) in [7, 11) is 1.32. The third-order valence-electron chi connectivity index (χ3n) is 4.02. The average molecular weight is 491 g/mol. The van der Waals surface area contributed by atoms with Gasteiger partial charge < -0.3 is 24.3 Å². The Hall–Kier alpha value is -3.57. The number of hydrogen-bond donors (Lipinski definition) is 1. The first-order chi connectivity index (χ1) is 15.9. The first-order valence-corrected chi connectivity index (χ1v) is 9.83. The van der Waals surface area contributed by atoms with Gasteiger partial charge in [0, 0.05) is 5.56 Å². The number of ether oxygens (including phenoxy) is 4. The number of esters is 1. The minimum Gasteiger partial charge on any atom is -0.493 e. The van der Waals surface area contributed by atoms with Crippen LogP contribution in [0, 0.1) is 29.1 Å². The number of benzene rings is 2. The maximum atomic E-state index is 13.8. The quantitative estimate of drug-likeness (QED) is 0.147. The zero-order valence-corrected chi connectivity index (χ0v) is 18.7. The van der Waals surface area contributed by atoms with E-state index in [2.05, 4.69) is 10.1 Å². The Balaban J connectivity index is 2.12. The largest absolute Gasteiger partial charge is 0.493 e. The molecule has 1 N–H and O–H groups in total. The molecule has 1 amide bonds. The van der Waals surface area contributed by atoms with E-state index in [1.54, 1.807) is 20.8 Å². The molecule has 0 aromatic heterocycles. The van der Waals surface area contributed by atoms with Crippen LogP contribution in [-0.4, -0.2) is 37.9 Å².